The quantitative estimate of drug-likeness (QED) is 0.597. The number of nitriles is 1. The van der Waals surface area contributed by atoms with Gasteiger partial charge in [0.05, 0.1) is 17.9 Å². The maximum absolute atomic E-state index is 12.5. The van der Waals surface area contributed by atoms with Crippen LogP contribution in [0.5, 0.6) is 5.75 Å². The van der Waals surface area contributed by atoms with E-state index in [1.165, 1.54) is 4.31 Å². The highest BCUT2D eigenvalue weighted by atomic mass is 32.2. The molecule has 2 aromatic carbocycles. The lowest BCUT2D eigenvalue weighted by Gasteiger charge is -2.31. The smallest absolute Gasteiger partial charge is 0.329 e. The Bertz CT molecular complexity index is 961. The van der Waals surface area contributed by atoms with Gasteiger partial charge in [0.25, 0.3) is 0 Å². The van der Waals surface area contributed by atoms with E-state index in [2.05, 4.69) is 6.07 Å². The highest BCUT2D eigenvalue weighted by Crippen LogP contribution is 2.25. The van der Waals surface area contributed by atoms with Gasteiger partial charge in [0.2, 0.25) is 10.0 Å². The molecule has 3 rings (SSSR count). The molecule has 7 heteroatoms. The van der Waals surface area contributed by atoms with Crippen molar-refractivity contribution in [3.8, 4) is 22.9 Å². The average molecular weight is 384 g/mol. The van der Waals surface area contributed by atoms with Crippen LogP contribution < -0.4 is 4.74 Å². The fraction of sp³-hybridized carbons (Fsp3) is 0.300. The van der Waals surface area contributed by atoms with Crippen LogP contribution in [0.1, 0.15) is 24.8 Å². The van der Waals surface area contributed by atoms with E-state index in [1.54, 1.807) is 24.3 Å². The Hall–Kier alpha value is -2.69. The molecule has 1 atom stereocenters. The van der Waals surface area contributed by atoms with E-state index in [9.17, 15) is 13.2 Å². The summed E-state index contributed by atoms with van der Waals surface area (Å²) in [5.41, 5.74) is 2.46. The lowest BCUT2D eigenvalue weighted by atomic mass is 10.0. The number of carbonyl (C=O) groups excluding carboxylic acids is 1. The summed E-state index contributed by atoms with van der Waals surface area (Å²) in [5.74, 6) is -0.178. The Morgan fingerprint density at radius 2 is 1.67 bits per heavy atom. The van der Waals surface area contributed by atoms with Crippen molar-refractivity contribution in [3.63, 3.8) is 0 Å². The van der Waals surface area contributed by atoms with Crippen LogP contribution in [0.3, 0.4) is 0 Å². The van der Waals surface area contributed by atoms with Gasteiger partial charge in [-0.3, -0.25) is 0 Å². The van der Waals surface area contributed by atoms with Crippen LogP contribution >= 0.6 is 0 Å². The topological polar surface area (TPSA) is 87.5 Å². The average Bonchev–Trinajstić information content (AvgIpc) is 2.68. The zero-order valence-electron chi connectivity index (χ0n) is 15.0. The molecule has 1 saturated heterocycles. The highest BCUT2D eigenvalue weighted by molar-refractivity contribution is 7.88. The molecule has 2 aromatic rings. The van der Waals surface area contributed by atoms with Crippen molar-refractivity contribution >= 4 is 16.0 Å². The third kappa shape index (κ3) is 4.54. The van der Waals surface area contributed by atoms with Crippen LogP contribution in [0.15, 0.2) is 48.5 Å². The minimum atomic E-state index is -3.45. The van der Waals surface area contributed by atoms with Gasteiger partial charge in [-0.1, -0.05) is 24.3 Å². The first-order chi connectivity index (χ1) is 12.9. The normalized spacial score (nSPS) is 17.9. The maximum atomic E-state index is 12.5. The van der Waals surface area contributed by atoms with Crippen LogP contribution in [0.25, 0.3) is 11.1 Å². The summed E-state index contributed by atoms with van der Waals surface area (Å²) < 4.78 is 30.4. The van der Waals surface area contributed by atoms with E-state index in [4.69, 9.17) is 10.00 Å². The number of ether oxygens (including phenoxy) is 1. The van der Waals surface area contributed by atoms with Crippen LogP contribution in [-0.2, 0) is 14.8 Å². The summed E-state index contributed by atoms with van der Waals surface area (Å²) in [6, 6.07) is 15.5. The molecule has 1 fully saturated rings. The Kier molecular flexibility index (Phi) is 5.59. The van der Waals surface area contributed by atoms with Crippen LogP contribution in [0.2, 0.25) is 0 Å². The first-order valence-electron chi connectivity index (χ1n) is 8.67. The zero-order valence-corrected chi connectivity index (χ0v) is 15.8. The van der Waals surface area contributed by atoms with Crippen molar-refractivity contribution in [3.05, 3.63) is 54.1 Å². The van der Waals surface area contributed by atoms with Crippen molar-refractivity contribution in [2.75, 3.05) is 12.8 Å². The number of rotatable bonds is 4. The number of esters is 1. The van der Waals surface area contributed by atoms with Crippen molar-refractivity contribution in [2.24, 2.45) is 0 Å². The fourth-order valence-electron chi connectivity index (χ4n) is 3.17. The molecule has 0 amide bonds. The van der Waals surface area contributed by atoms with Gasteiger partial charge in [0.1, 0.15) is 11.8 Å². The first kappa shape index (κ1) is 19.1. The first-order valence-corrected chi connectivity index (χ1v) is 10.5. The van der Waals surface area contributed by atoms with E-state index in [1.807, 2.05) is 24.3 Å². The minimum absolute atomic E-state index is 0.343. The number of sulfonamides is 1. The van der Waals surface area contributed by atoms with Crippen LogP contribution in [-0.4, -0.2) is 37.5 Å². The predicted octanol–water partition coefficient (Wildman–Crippen LogP) is 2.94. The molecule has 1 aliphatic heterocycles. The molecule has 0 aliphatic carbocycles. The fourth-order valence-corrected chi connectivity index (χ4v) is 4.29. The van der Waals surface area contributed by atoms with Crippen molar-refractivity contribution in [1.29, 1.82) is 5.26 Å². The number of hydrogen-bond donors (Lipinski definition) is 0. The van der Waals surface area contributed by atoms with E-state index < -0.39 is 22.0 Å². The van der Waals surface area contributed by atoms with Crippen LogP contribution in [0.4, 0.5) is 0 Å². The third-order valence-corrected chi connectivity index (χ3v) is 5.86. The lowest BCUT2D eigenvalue weighted by Crippen LogP contribution is -2.48. The molecule has 0 spiro atoms. The van der Waals surface area contributed by atoms with E-state index >= 15 is 0 Å². The van der Waals surface area contributed by atoms with Gasteiger partial charge < -0.3 is 4.74 Å². The molecule has 140 valence electrons. The zero-order chi connectivity index (χ0) is 19.4. The molecular formula is C20H20N2O4S. The summed E-state index contributed by atoms with van der Waals surface area (Å²) >= 11 is 0. The minimum Gasteiger partial charge on any atom is -0.425 e. The molecule has 0 aromatic heterocycles. The number of benzene rings is 2. The third-order valence-electron chi connectivity index (χ3n) is 4.57. The molecule has 1 aliphatic rings. The standard InChI is InChI=1S/C20H20N2O4S/c1-27(24,25)22-13-3-2-4-19(22)20(23)26-18-11-9-17(10-12-18)16-7-5-15(14-21)6-8-16/h5-12,19H,2-4,13H2,1H3. The number of carbonyl (C=O) groups is 1. The summed E-state index contributed by atoms with van der Waals surface area (Å²) in [5, 5.41) is 8.86. The second-order valence-corrected chi connectivity index (χ2v) is 8.45. The second-order valence-electron chi connectivity index (χ2n) is 6.52. The molecule has 27 heavy (non-hydrogen) atoms. The van der Waals surface area contributed by atoms with Crippen molar-refractivity contribution in [2.45, 2.75) is 25.3 Å². The van der Waals surface area contributed by atoms with E-state index in [0.717, 1.165) is 30.2 Å². The Morgan fingerprint density at radius 3 is 2.22 bits per heavy atom. The SMILES string of the molecule is CS(=O)(=O)N1CCCCC1C(=O)Oc1ccc(-c2ccc(C#N)cc2)cc1. The van der Waals surface area contributed by atoms with E-state index in [0.29, 0.717) is 24.3 Å². The molecule has 1 unspecified atom stereocenters. The largest absolute Gasteiger partial charge is 0.425 e. The molecule has 6 nitrogen and oxygen atoms in total. The molecule has 1 heterocycles. The van der Waals surface area contributed by atoms with Crippen molar-refractivity contribution in [1.82, 2.24) is 4.31 Å². The number of hydrogen-bond acceptors (Lipinski definition) is 5. The number of nitrogens with zero attached hydrogens (tertiary/aromatic N) is 2. The predicted molar refractivity (Wildman–Crippen MR) is 101 cm³/mol. The van der Waals surface area contributed by atoms with Gasteiger partial charge in [0.15, 0.2) is 0 Å². The monoisotopic (exact) mass is 384 g/mol. The number of piperidine rings is 1. The van der Waals surface area contributed by atoms with Crippen LogP contribution in [0, 0.1) is 11.3 Å². The van der Waals surface area contributed by atoms with Gasteiger partial charge in [-0.2, -0.15) is 9.57 Å². The van der Waals surface area contributed by atoms with Gasteiger partial charge in [-0.15, -0.1) is 0 Å². The summed E-state index contributed by atoms with van der Waals surface area (Å²) in [6.45, 7) is 0.343. The molecule has 0 saturated carbocycles. The molecular weight excluding hydrogens is 364 g/mol. The Balaban J connectivity index is 1.72. The van der Waals surface area contributed by atoms with Gasteiger partial charge in [0, 0.05) is 6.54 Å². The van der Waals surface area contributed by atoms with Gasteiger partial charge in [-0.05, 0) is 54.7 Å². The van der Waals surface area contributed by atoms with Crippen molar-refractivity contribution < 1.29 is 17.9 Å². The summed E-state index contributed by atoms with van der Waals surface area (Å²) in [7, 11) is -3.45. The Morgan fingerprint density at radius 1 is 1.07 bits per heavy atom. The van der Waals surface area contributed by atoms with E-state index in [-0.39, 0.29) is 0 Å². The van der Waals surface area contributed by atoms with Gasteiger partial charge >= 0.3 is 5.97 Å². The second kappa shape index (κ2) is 7.91. The molecule has 0 radical (unpaired) electrons. The Labute approximate surface area is 159 Å². The molecule has 0 bridgehead atoms. The highest BCUT2D eigenvalue weighted by Gasteiger charge is 2.35. The molecule has 0 N–H and O–H groups in total. The summed E-state index contributed by atoms with van der Waals surface area (Å²) in [6.07, 6.45) is 3.12. The lowest BCUT2D eigenvalue weighted by molar-refractivity contribution is -0.139. The van der Waals surface area contributed by atoms with Gasteiger partial charge in [-0.25, -0.2) is 13.2 Å². The summed E-state index contributed by atoms with van der Waals surface area (Å²) in [4.78, 5) is 12.5. The maximum Gasteiger partial charge on any atom is 0.329 e.